The molecule has 0 aliphatic carbocycles. The van der Waals surface area contributed by atoms with Crippen molar-refractivity contribution >= 4 is 17.2 Å². The first kappa shape index (κ1) is 21.6. The summed E-state index contributed by atoms with van der Waals surface area (Å²) in [5.41, 5.74) is 4.55. The predicted octanol–water partition coefficient (Wildman–Crippen LogP) is 6.63. The van der Waals surface area contributed by atoms with Gasteiger partial charge in [0.15, 0.2) is 0 Å². The van der Waals surface area contributed by atoms with Crippen molar-refractivity contribution in [2.24, 2.45) is 0 Å². The Balaban J connectivity index is 1.57. The third kappa shape index (κ3) is 4.83. The molecule has 0 bridgehead atoms. The molecule has 0 amide bonds. The Labute approximate surface area is 188 Å². The average Bonchev–Trinajstić information content (AvgIpc) is 3.11. The number of carbonyl (C=O) groups excluding carboxylic acids is 1. The number of imidazole rings is 1. The molecule has 1 aromatic heterocycles. The van der Waals surface area contributed by atoms with Crippen LogP contribution >= 0.6 is 0 Å². The third-order valence-corrected chi connectivity index (χ3v) is 5.13. The summed E-state index contributed by atoms with van der Waals surface area (Å²) in [5.74, 6) is 1.55. The molecule has 3 aromatic carbocycles. The molecule has 0 radical (unpaired) electrons. The van der Waals surface area contributed by atoms with Crippen LogP contribution in [-0.2, 0) is 17.7 Å². The maximum absolute atomic E-state index is 12.2. The van der Waals surface area contributed by atoms with Gasteiger partial charge in [-0.25, -0.2) is 9.78 Å². The molecule has 0 spiro atoms. The second-order valence-corrected chi connectivity index (χ2v) is 8.72. The molecule has 0 fully saturated rings. The maximum atomic E-state index is 12.2. The molecule has 4 aromatic rings. The van der Waals surface area contributed by atoms with E-state index in [1.165, 1.54) is 5.56 Å². The topological polar surface area (TPSA) is 53.4 Å². The molecule has 0 saturated heterocycles. The lowest BCUT2D eigenvalue weighted by molar-refractivity contribution is 0.0207. The van der Waals surface area contributed by atoms with E-state index in [1.54, 1.807) is 6.07 Å². The summed E-state index contributed by atoms with van der Waals surface area (Å²) in [6, 6.07) is 24.0. The van der Waals surface area contributed by atoms with Gasteiger partial charge in [0.2, 0.25) is 0 Å². The highest BCUT2D eigenvalue weighted by molar-refractivity contribution is 5.76. The normalized spacial score (nSPS) is 11.5. The predicted molar refractivity (Wildman–Crippen MR) is 127 cm³/mol. The van der Waals surface area contributed by atoms with Gasteiger partial charge in [-0.1, -0.05) is 61.5 Å². The zero-order valence-corrected chi connectivity index (χ0v) is 19.0. The lowest BCUT2D eigenvalue weighted by Gasteiger charge is -2.19. The van der Waals surface area contributed by atoms with Crippen LogP contribution in [0.25, 0.3) is 22.2 Å². The van der Waals surface area contributed by atoms with Gasteiger partial charge in [-0.3, -0.25) is 0 Å². The van der Waals surface area contributed by atoms with Crippen molar-refractivity contribution in [2.45, 2.75) is 46.3 Å². The van der Waals surface area contributed by atoms with E-state index in [1.807, 2.05) is 51.1 Å². The number of nitrogens with zero attached hydrogens (tertiary/aromatic N) is 2. The van der Waals surface area contributed by atoms with Gasteiger partial charge in [0.25, 0.3) is 0 Å². The largest absolute Gasteiger partial charge is 0.514 e. The van der Waals surface area contributed by atoms with Gasteiger partial charge < -0.3 is 14.0 Å². The quantitative estimate of drug-likeness (QED) is 0.264. The zero-order chi connectivity index (χ0) is 22.7. The summed E-state index contributed by atoms with van der Waals surface area (Å²) in [7, 11) is 0. The molecule has 5 heteroatoms. The van der Waals surface area contributed by atoms with Crippen LogP contribution in [0, 0.1) is 0 Å². The fraction of sp³-hybridized carbons (Fsp3) is 0.259. The van der Waals surface area contributed by atoms with Crippen molar-refractivity contribution in [3.8, 4) is 16.9 Å². The first-order valence-electron chi connectivity index (χ1n) is 10.9. The first-order chi connectivity index (χ1) is 15.3. The van der Waals surface area contributed by atoms with E-state index in [4.69, 9.17) is 14.5 Å². The second-order valence-electron chi connectivity index (χ2n) is 8.72. The Kier molecular flexibility index (Phi) is 5.99. The Morgan fingerprint density at radius 2 is 1.62 bits per heavy atom. The number of para-hydroxylation sites is 3. The Hall–Kier alpha value is -3.60. The summed E-state index contributed by atoms with van der Waals surface area (Å²) in [6.07, 6.45) is 0.169. The van der Waals surface area contributed by atoms with Crippen LogP contribution in [0.1, 0.15) is 39.1 Å². The molecule has 1 heterocycles. The smallest absolute Gasteiger partial charge is 0.428 e. The molecule has 5 nitrogen and oxygen atoms in total. The van der Waals surface area contributed by atoms with Gasteiger partial charge in [-0.15, -0.1) is 0 Å². The number of carbonyl (C=O) groups is 1. The zero-order valence-electron chi connectivity index (χ0n) is 19.0. The molecule has 0 N–H and O–H groups in total. The molecule has 0 aliphatic heterocycles. The van der Waals surface area contributed by atoms with E-state index in [0.29, 0.717) is 5.75 Å². The van der Waals surface area contributed by atoms with Crippen LogP contribution in [0.15, 0.2) is 72.8 Å². The van der Waals surface area contributed by atoms with Crippen molar-refractivity contribution in [1.82, 2.24) is 9.55 Å². The van der Waals surface area contributed by atoms with Gasteiger partial charge in [0, 0.05) is 18.5 Å². The number of rotatable bonds is 5. The van der Waals surface area contributed by atoms with Crippen LogP contribution in [0.4, 0.5) is 4.79 Å². The lowest BCUT2D eigenvalue weighted by Crippen LogP contribution is -2.26. The summed E-state index contributed by atoms with van der Waals surface area (Å²) in [6.45, 7) is 8.31. The first-order valence-corrected chi connectivity index (χ1v) is 10.9. The van der Waals surface area contributed by atoms with E-state index in [2.05, 4.69) is 47.9 Å². The van der Waals surface area contributed by atoms with Crippen molar-refractivity contribution in [2.75, 3.05) is 0 Å². The minimum atomic E-state index is -0.708. The number of aromatic nitrogens is 2. The van der Waals surface area contributed by atoms with Crippen LogP contribution in [0.5, 0.6) is 5.75 Å². The van der Waals surface area contributed by atoms with E-state index < -0.39 is 11.8 Å². The number of ether oxygens (including phenoxy) is 2. The number of hydrogen-bond donors (Lipinski definition) is 0. The summed E-state index contributed by atoms with van der Waals surface area (Å²) < 4.78 is 13.1. The number of hydrogen-bond acceptors (Lipinski definition) is 4. The highest BCUT2D eigenvalue weighted by Gasteiger charge is 2.19. The summed E-state index contributed by atoms with van der Waals surface area (Å²) in [4.78, 5) is 16.9. The highest BCUT2D eigenvalue weighted by atomic mass is 16.7. The average molecular weight is 429 g/mol. The molecule has 0 unspecified atom stereocenters. The van der Waals surface area contributed by atoms with E-state index in [-0.39, 0.29) is 0 Å². The molecular formula is C27H28N2O3. The van der Waals surface area contributed by atoms with Gasteiger partial charge in [0.05, 0.1) is 11.0 Å². The van der Waals surface area contributed by atoms with Crippen molar-refractivity contribution in [1.29, 1.82) is 0 Å². The van der Waals surface area contributed by atoms with Gasteiger partial charge >= 0.3 is 6.16 Å². The van der Waals surface area contributed by atoms with Crippen LogP contribution < -0.4 is 4.74 Å². The SMILES string of the molecule is CCc1nc2ccccc2n1Cc1ccc(-c2ccccc2OC(=O)OC(C)(C)C)cc1. The van der Waals surface area contributed by atoms with E-state index in [0.717, 1.165) is 41.0 Å². The van der Waals surface area contributed by atoms with E-state index in [9.17, 15) is 4.79 Å². The van der Waals surface area contributed by atoms with E-state index >= 15 is 0 Å². The minimum absolute atomic E-state index is 0.475. The summed E-state index contributed by atoms with van der Waals surface area (Å²) in [5, 5.41) is 0. The molecule has 32 heavy (non-hydrogen) atoms. The molecule has 4 rings (SSSR count). The number of benzene rings is 3. The standard InChI is InChI=1S/C27H28N2O3/c1-5-25-28-22-11-7-8-12-23(22)29(25)18-19-14-16-20(17-15-19)21-10-6-9-13-24(21)31-26(30)32-27(2,3)4/h6-17H,5,18H2,1-4H3. The van der Waals surface area contributed by atoms with Crippen molar-refractivity contribution < 1.29 is 14.3 Å². The second kappa shape index (κ2) is 8.87. The molecule has 0 saturated carbocycles. The fourth-order valence-corrected chi connectivity index (χ4v) is 3.70. The Bertz CT molecular complexity index is 1230. The maximum Gasteiger partial charge on any atom is 0.514 e. The molecule has 164 valence electrons. The van der Waals surface area contributed by atoms with Crippen molar-refractivity contribution in [3.05, 3.63) is 84.2 Å². The van der Waals surface area contributed by atoms with Gasteiger partial charge in [-0.2, -0.15) is 0 Å². The van der Waals surface area contributed by atoms with Crippen molar-refractivity contribution in [3.63, 3.8) is 0 Å². The number of fused-ring (bicyclic) bond motifs is 1. The van der Waals surface area contributed by atoms with Gasteiger partial charge in [0.1, 0.15) is 17.2 Å². The van der Waals surface area contributed by atoms with Crippen LogP contribution in [0.3, 0.4) is 0 Å². The highest BCUT2D eigenvalue weighted by Crippen LogP contribution is 2.31. The molecular weight excluding hydrogens is 400 g/mol. The van der Waals surface area contributed by atoms with Gasteiger partial charge in [-0.05, 0) is 50.1 Å². The Morgan fingerprint density at radius 1 is 0.938 bits per heavy atom. The summed E-state index contributed by atoms with van der Waals surface area (Å²) >= 11 is 0. The molecule has 0 atom stereocenters. The molecule has 0 aliphatic rings. The van der Waals surface area contributed by atoms with Crippen LogP contribution in [0.2, 0.25) is 0 Å². The monoisotopic (exact) mass is 428 g/mol. The minimum Gasteiger partial charge on any atom is -0.428 e. The lowest BCUT2D eigenvalue weighted by atomic mass is 10.0. The number of aryl methyl sites for hydroxylation is 1. The Morgan fingerprint density at radius 3 is 2.34 bits per heavy atom. The third-order valence-electron chi connectivity index (χ3n) is 5.13. The fourth-order valence-electron chi connectivity index (χ4n) is 3.70. The van der Waals surface area contributed by atoms with Crippen LogP contribution in [-0.4, -0.2) is 21.3 Å².